The average Bonchev–Trinajstić information content (AvgIpc) is 3.25. The van der Waals surface area contributed by atoms with E-state index in [4.69, 9.17) is 9.47 Å². The van der Waals surface area contributed by atoms with Crippen LogP contribution >= 0.6 is 0 Å². The fraction of sp³-hybridized carbons (Fsp3) is 0.444. The maximum absolute atomic E-state index is 13.6. The van der Waals surface area contributed by atoms with Crippen molar-refractivity contribution in [2.75, 3.05) is 26.4 Å². The Hall–Kier alpha value is -2.32. The summed E-state index contributed by atoms with van der Waals surface area (Å²) in [5.41, 5.74) is 2.48. The lowest BCUT2D eigenvalue weighted by Crippen LogP contribution is -2.40. The predicted molar refractivity (Wildman–Crippen MR) is 88.4 cm³/mol. The molecule has 1 amide bonds. The number of carbonyl (C=O) groups excluding carboxylic acids is 1. The molecule has 2 aliphatic rings. The minimum Gasteiger partial charge on any atom is -0.376 e. The molecule has 1 aliphatic carbocycles. The smallest absolute Gasteiger partial charge is 0.272 e. The van der Waals surface area contributed by atoms with Crippen LogP contribution in [0, 0.1) is 11.6 Å². The summed E-state index contributed by atoms with van der Waals surface area (Å²) >= 11 is 0. The van der Waals surface area contributed by atoms with E-state index in [1.165, 1.54) is 6.07 Å². The summed E-state index contributed by atoms with van der Waals surface area (Å²) in [5.74, 6) is -2.14. The van der Waals surface area contributed by atoms with Crippen LogP contribution in [0.4, 0.5) is 8.78 Å². The van der Waals surface area contributed by atoms with Crippen LogP contribution in [-0.2, 0) is 22.3 Å². The summed E-state index contributed by atoms with van der Waals surface area (Å²) in [6.07, 6.45) is 2.21. The molecule has 1 aliphatic heterocycles. The number of halogens is 2. The van der Waals surface area contributed by atoms with Crippen LogP contribution in [0.1, 0.15) is 28.2 Å². The maximum atomic E-state index is 13.6. The summed E-state index contributed by atoms with van der Waals surface area (Å²) in [5, 5.41) is 7.21. The second-order valence-electron chi connectivity index (χ2n) is 6.42. The van der Waals surface area contributed by atoms with Gasteiger partial charge in [-0.1, -0.05) is 0 Å². The fourth-order valence-electron chi connectivity index (χ4n) is 3.39. The van der Waals surface area contributed by atoms with Crippen molar-refractivity contribution in [1.82, 2.24) is 15.1 Å². The van der Waals surface area contributed by atoms with Gasteiger partial charge in [0, 0.05) is 23.9 Å². The topological polar surface area (TPSA) is 65.4 Å². The number of benzene rings is 1. The highest BCUT2D eigenvalue weighted by molar-refractivity contribution is 5.94. The van der Waals surface area contributed by atoms with E-state index in [0.717, 1.165) is 42.7 Å². The molecule has 0 spiro atoms. The lowest BCUT2D eigenvalue weighted by molar-refractivity contribution is -0.0855. The number of aromatic nitrogens is 2. The largest absolute Gasteiger partial charge is 0.376 e. The molecule has 6 nitrogen and oxygen atoms in total. The van der Waals surface area contributed by atoms with Crippen LogP contribution in [0.3, 0.4) is 0 Å². The van der Waals surface area contributed by atoms with E-state index in [2.05, 4.69) is 10.4 Å². The summed E-state index contributed by atoms with van der Waals surface area (Å²) in [7, 11) is 0. The molecule has 0 bridgehead atoms. The van der Waals surface area contributed by atoms with Gasteiger partial charge in [-0.2, -0.15) is 5.10 Å². The molecule has 0 saturated carbocycles. The van der Waals surface area contributed by atoms with Crippen LogP contribution in [0.25, 0.3) is 5.69 Å². The number of hydrogen-bond donors (Lipinski definition) is 1. The molecular formula is C18H19F2N3O3. The number of amides is 1. The Morgan fingerprint density at radius 1 is 1.27 bits per heavy atom. The normalized spacial score (nSPS) is 19.4. The zero-order valence-corrected chi connectivity index (χ0v) is 14.1. The number of nitrogens with one attached hydrogen (secondary N) is 1. The lowest BCUT2D eigenvalue weighted by atomic mass is 10.2. The summed E-state index contributed by atoms with van der Waals surface area (Å²) in [6, 6.07) is 3.61. The van der Waals surface area contributed by atoms with Gasteiger partial charge in [0.05, 0.1) is 31.6 Å². The van der Waals surface area contributed by atoms with Crippen molar-refractivity contribution in [1.29, 1.82) is 0 Å². The van der Waals surface area contributed by atoms with Gasteiger partial charge < -0.3 is 14.8 Å². The molecule has 8 heteroatoms. The third-order valence-electron chi connectivity index (χ3n) is 4.67. The van der Waals surface area contributed by atoms with Crippen molar-refractivity contribution in [2.45, 2.75) is 25.4 Å². The van der Waals surface area contributed by atoms with Crippen LogP contribution in [0.15, 0.2) is 18.2 Å². The van der Waals surface area contributed by atoms with E-state index in [1.54, 1.807) is 4.68 Å². The molecule has 2 heterocycles. The third-order valence-corrected chi connectivity index (χ3v) is 4.67. The molecule has 1 fully saturated rings. The van der Waals surface area contributed by atoms with Crippen LogP contribution in [0.5, 0.6) is 0 Å². The third kappa shape index (κ3) is 3.22. The number of fused-ring (bicyclic) bond motifs is 1. The van der Waals surface area contributed by atoms with Gasteiger partial charge in [-0.3, -0.25) is 4.79 Å². The Morgan fingerprint density at radius 2 is 2.15 bits per heavy atom. The lowest BCUT2D eigenvalue weighted by Gasteiger charge is -2.22. The number of rotatable bonds is 4. The van der Waals surface area contributed by atoms with E-state index in [1.807, 2.05) is 0 Å². The van der Waals surface area contributed by atoms with E-state index in [9.17, 15) is 13.6 Å². The molecule has 0 unspecified atom stereocenters. The Kier molecular flexibility index (Phi) is 4.69. The van der Waals surface area contributed by atoms with Crippen molar-refractivity contribution < 1.29 is 23.0 Å². The SMILES string of the molecule is O=C(NC[C@@H]1COCCO1)c1nn(-c2ccc(F)c(F)c2)c2c1CCC2. The highest BCUT2D eigenvalue weighted by Gasteiger charge is 2.27. The van der Waals surface area contributed by atoms with E-state index in [0.29, 0.717) is 37.7 Å². The van der Waals surface area contributed by atoms with Gasteiger partial charge in [0.1, 0.15) is 0 Å². The molecule has 26 heavy (non-hydrogen) atoms. The highest BCUT2D eigenvalue weighted by Crippen LogP contribution is 2.28. The van der Waals surface area contributed by atoms with E-state index < -0.39 is 11.6 Å². The zero-order valence-electron chi connectivity index (χ0n) is 14.1. The first-order valence-electron chi connectivity index (χ1n) is 8.67. The second-order valence-corrected chi connectivity index (χ2v) is 6.42. The number of carbonyl (C=O) groups is 1. The van der Waals surface area contributed by atoms with E-state index in [-0.39, 0.29) is 12.0 Å². The van der Waals surface area contributed by atoms with Crippen molar-refractivity contribution in [2.24, 2.45) is 0 Å². The van der Waals surface area contributed by atoms with E-state index >= 15 is 0 Å². The molecule has 2 aromatic rings. The number of nitrogens with zero attached hydrogens (tertiary/aromatic N) is 2. The Balaban J connectivity index is 1.57. The van der Waals surface area contributed by atoms with Gasteiger partial charge in [-0.25, -0.2) is 13.5 Å². The first-order chi connectivity index (χ1) is 12.6. The van der Waals surface area contributed by atoms with Crippen LogP contribution in [-0.4, -0.2) is 48.2 Å². The van der Waals surface area contributed by atoms with Crippen molar-refractivity contribution in [3.63, 3.8) is 0 Å². The number of hydrogen-bond acceptors (Lipinski definition) is 4. The van der Waals surface area contributed by atoms with Crippen molar-refractivity contribution in [3.05, 3.63) is 46.8 Å². The molecule has 1 aromatic heterocycles. The van der Waals surface area contributed by atoms with Gasteiger partial charge >= 0.3 is 0 Å². The monoisotopic (exact) mass is 363 g/mol. The molecule has 1 saturated heterocycles. The zero-order chi connectivity index (χ0) is 18.1. The molecule has 1 N–H and O–H groups in total. The summed E-state index contributed by atoms with van der Waals surface area (Å²) in [4.78, 5) is 12.6. The molecular weight excluding hydrogens is 344 g/mol. The Bertz CT molecular complexity index is 831. The van der Waals surface area contributed by atoms with Crippen molar-refractivity contribution >= 4 is 5.91 Å². The minimum atomic E-state index is -0.940. The van der Waals surface area contributed by atoms with Gasteiger partial charge in [-0.15, -0.1) is 0 Å². The number of ether oxygens (including phenoxy) is 2. The first-order valence-corrected chi connectivity index (χ1v) is 8.67. The summed E-state index contributed by atoms with van der Waals surface area (Å²) < 4.78 is 39.2. The molecule has 138 valence electrons. The summed E-state index contributed by atoms with van der Waals surface area (Å²) in [6.45, 7) is 1.87. The minimum absolute atomic E-state index is 0.172. The quantitative estimate of drug-likeness (QED) is 0.900. The standard InChI is InChI=1S/C18H19F2N3O3/c19-14-5-4-11(8-15(14)20)23-16-3-1-2-13(16)17(22-23)18(24)21-9-12-10-25-6-7-26-12/h4-5,8,12H,1-3,6-7,9-10H2,(H,21,24)/t12-/m1/s1. The fourth-order valence-corrected chi connectivity index (χ4v) is 3.39. The average molecular weight is 363 g/mol. The first kappa shape index (κ1) is 17.1. The predicted octanol–water partition coefficient (Wildman–Crippen LogP) is 1.78. The van der Waals surface area contributed by atoms with Gasteiger partial charge in [0.15, 0.2) is 17.3 Å². The van der Waals surface area contributed by atoms with Gasteiger partial charge in [0.25, 0.3) is 5.91 Å². The Morgan fingerprint density at radius 3 is 2.92 bits per heavy atom. The molecule has 1 atom stereocenters. The van der Waals surface area contributed by atoms with Gasteiger partial charge in [0.2, 0.25) is 0 Å². The van der Waals surface area contributed by atoms with Crippen LogP contribution < -0.4 is 5.32 Å². The molecule has 4 rings (SSSR count). The highest BCUT2D eigenvalue weighted by atomic mass is 19.2. The maximum Gasteiger partial charge on any atom is 0.272 e. The van der Waals surface area contributed by atoms with Gasteiger partial charge in [-0.05, 0) is 31.4 Å². The van der Waals surface area contributed by atoms with Crippen LogP contribution in [0.2, 0.25) is 0 Å². The second kappa shape index (κ2) is 7.13. The van der Waals surface area contributed by atoms with Crippen molar-refractivity contribution in [3.8, 4) is 5.69 Å². The Labute approximate surface area is 149 Å². The molecule has 0 radical (unpaired) electrons. The molecule has 1 aromatic carbocycles.